The number of hydrogen-bond donors (Lipinski definition) is 2. The maximum Gasteiger partial charge on any atom is 0.231 e. The average molecular weight is 360 g/mol. The summed E-state index contributed by atoms with van der Waals surface area (Å²) in [5, 5.41) is 10.4. The molecular formula is C18H20N2O4S. The predicted octanol–water partition coefficient (Wildman–Crippen LogP) is 1.50. The van der Waals surface area contributed by atoms with E-state index in [1.165, 1.54) is 24.3 Å². The molecule has 1 heterocycles. The molecule has 0 aliphatic carbocycles. The van der Waals surface area contributed by atoms with E-state index in [-0.39, 0.29) is 33.9 Å². The minimum atomic E-state index is -3.66. The van der Waals surface area contributed by atoms with E-state index < -0.39 is 9.84 Å². The molecule has 1 atom stereocenters. The summed E-state index contributed by atoms with van der Waals surface area (Å²) in [6.45, 7) is 1.52. The third-order valence-corrected chi connectivity index (χ3v) is 6.22. The molecule has 0 radical (unpaired) electrons. The number of primary amides is 1. The molecule has 6 nitrogen and oxygen atoms in total. The number of aromatic hydroxyl groups is 1. The molecule has 0 aromatic heterocycles. The number of phenols is 1. The van der Waals surface area contributed by atoms with Crippen LogP contribution in [0.2, 0.25) is 0 Å². The minimum Gasteiger partial charge on any atom is -0.508 e. The van der Waals surface area contributed by atoms with Crippen molar-refractivity contribution in [1.82, 2.24) is 4.90 Å². The molecule has 2 aromatic rings. The Balaban J connectivity index is 1.84. The molecule has 0 spiro atoms. The number of sulfone groups is 1. The van der Waals surface area contributed by atoms with E-state index in [2.05, 4.69) is 0 Å². The molecule has 3 rings (SSSR count). The van der Waals surface area contributed by atoms with Crippen LogP contribution in [0.1, 0.15) is 17.9 Å². The lowest BCUT2D eigenvalue weighted by atomic mass is 9.97. The number of phenolic OH excluding ortho intramolecular Hbond substituents is 1. The third kappa shape index (κ3) is 3.67. The van der Waals surface area contributed by atoms with Crippen LogP contribution < -0.4 is 5.73 Å². The van der Waals surface area contributed by atoms with Gasteiger partial charge in [-0.25, -0.2) is 8.42 Å². The molecule has 1 aliphatic rings. The maximum absolute atomic E-state index is 12.6. The highest BCUT2D eigenvalue weighted by molar-refractivity contribution is 7.91. The summed E-state index contributed by atoms with van der Waals surface area (Å²) in [7, 11) is -3.66. The van der Waals surface area contributed by atoms with Crippen molar-refractivity contribution in [1.29, 1.82) is 0 Å². The molecular weight excluding hydrogens is 340 g/mol. The number of nitrogens with zero attached hydrogens (tertiary/aromatic N) is 1. The van der Waals surface area contributed by atoms with Crippen LogP contribution in [0.25, 0.3) is 0 Å². The van der Waals surface area contributed by atoms with Gasteiger partial charge >= 0.3 is 0 Å². The Morgan fingerprint density at radius 2 is 1.88 bits per heavy atom. The van der Waals surface area contributed by atoms with Gasteiger partial charge in [-0.15, -0.1) is 0 Å². The summed E-state index contributed by atoms with van der Waals surface area (Å²) < 4.78 is 25.2. The molecule has 0 saturated carbocycles. The molecule has 7 heteroatoms. The zero-order chi connectivity index (χ0) is 18.0. The first kappa shape index (κ1) is 17.4. The highest BCUT2D eigenvalue weighted by Gasteiger charge is 2.27. The van der Waals surface area contributed by atoms with Crippen LogP contribution in [0.4, 0.5) is 0 Å². The fraction of sp³-hybridized carbons (Fsp3) is 0.278. The highest BCUT2D eigenvalue weighted by Crippen LogP contribution is 2.35. The zero-order valence-corrected chi connectivity index (χ0v) is 14.4. The van der Waals surface area contributed by atoms with Crippen molar-refractivity contribution in [3.63, 3.8) is 0 Å². The van der Waals surface area contributed by atoms with Crippen molar-refractivity contribution < 1.29 is 18.3 Å². The molecule has 0 bridgehead atoms. The van der Waals surface area contributed by atoms with Crippen LogP contribution >= 0.6 is 0 Å². The number of hydrogen-bond acceptors (Lipinski definition) is 5. The summed E-state index contributed by atoms with van der Waals surface area (Å²) in [6, 6.07) is 12.6. The Kier molecular flexibility index (Phi) is 4.78. The van der Waals surface area contributed by atoms with Gasteiger partial charge in [0.05, 0.1) is 16.3 Å². The van der Waals surface area contributed by atoms with Crippen molar-refractivity contribution in [2.24, 2.45) is 5.73 Å². The number of carbonyl (C=O) groups excluding carboxylic acids is 1. The zero-order valence-electron chi connectivity index (χ0n) is 13.6. The molecule has 2 aromatic carbocycles. The van der Waals surface area contributed by atoms with Crippen molar-refractivity contribution in [3.8, 4) is 5.75 Å². The normalized spacial score (nSPS) is 18.3. The monoisotopic (exact) mass is 360 g/mol. The minimum absolute atomic E-state index is 0.0390. The van der Waals surface area contributed by atoms with Gasteiger partial charge in [-0.3, -0.25) is 9.69 Å². The summed E-state index contributed by atoms with van der Waals surface area (Å²) in [5.41, 5.74) is 5.91. The highest BCUT2D eigenvalue weighted by atomic mass is 32.2. The fourth-order valence-electron chi connectivity index (χ4n) is 3.22. The van der Waals surface area contributed by atoms with Crippen molar-refractivity contribution in [3.05, 3.63) is 54.1 Å². The number of carbonyl (C=O) groups is 1. The Morgan fingerprint density at radius 1 is 1.16 bits per heavy atom. The third-order valence-electron chi connectivity index (χ3n) is 4.46. The van der Waals surface area contributed by atoms with E-state index in [1.807, 2.05) is 4.90 Å². The number of nitrogens with two attached hydrogens (primary N) is 1. The number of likely N-dealkylation sites (tertiary alicyclic amines) is 1. The Morgan fingerprint density at radius 3 is 2.52 bits per heavy atom. The molecule has 1 unspecified atom stereocenters. The summed E-state index contributed by atoms with van der Waals surface area (Å²) in [5.74, 6) is -0.370. The molecule has 132 valence electrons. The van der Waals surface area contributed by atoms with Gasteiger partial charge in [-0.2, -0.15) is 0 Å². The second kappa shape index (κ2) is 6.85. The first-order valence-electron chi connectivity index (χ1n) is 8.01. The lowest BCUT2D eigenvalue weighted by molar-refractivity contribution is -0.118. The summed E-state index contributed by atoms with van der Waals surface area (Å²) in [6.07, 6.45) is 0.783. The quantitative estimate of drug-likeness (QED) is 0.841. The Bertz CT molecular complexity index is 881. The largest absolute Gasteiger partial charge is 0.508 e. The topological polar surface area (TPSA) is 101 Å². The van der Waals surface area contributed by atoms with E-state index in [9.17, 15) is 18.3 Å². The van der Waals surface area contributed by atoms with E-state index in [0.29, 0.717) is 12.1 Å². The molecule has 1 saturated heterocycles. The van der Waals surface area contributed by atoms with Crippen LogP contribution in [-0.4, -0.2) is 44.0 Å². The van der Waals surface area contributed by atoms with Crippen LogP contribution in [0.5, 0.6) is 5.75 Å². The van der Waals surface area contributed by atoms with Crippen molar-refractivity contribution >= 4 is 15.7 Å². The van der Waals surface area contributed by atoms with Gasteiger partial charge in [0.2, 0.25) is 15.7 Å². The van der Waals surface area contributed by atoms with Gasteiger partial charge < -0.3 is 10.8 Å². The van der Waals surface area contributed by atoms with Gasteiger partial charge in [0.25, 0.3) is 0 Å². The van der Waals surface area contributed by atoms with Crippen LogP contribution in [0.3, 0.4) is 0 Å². The number of rotatable bonds is 5. The SMILES string of the molecule is NC(=O)CN1CCC(c2ccc(S(=O)(=O)c3ccccc3)cc2O)C1. The predicted molar refractivity (Wildman–Crippen MR) is 93.0 cm³/mol. The molecule has 1 aliphatic heterocycles. The summed E-state index contributed by atoms with van der Waals surface area (Å²) in [4.78, 5) is 13.2. The Labute approximate surface area is 146 Å². The fourth-order valence-corrected chi connectivity index (χ4v) is 4.52. The molecule has 25 heavy (non-hydrogen) atoms. The van der Waals surface area contributed by atoms with E-state index in [4.69, 9.17) is 5.73 Å². The van der Waals surface area contributed by atoms with Crippen LogP contribution in [0, 0.1) is 0 Å². The lowest BCUT2D eigenvalue weighted by Gasteiger charge is -2.15. The Hall–Kier alpha value is -2.38. The van der Waals surface area contributed by atoms with Crippen LogP contribution in [-0.2, 0) is 14.6 Å². The second-order valence-electron chi connectivity index (χ2n) is 6.22. The maximum atomic E-state index is 12.6. The van der Waals surface area contributed by atoms with E-state index in [0.717, 1.165) is 13.0 Å². The van der Waals surface area contributed by atoms with E-state index in [1.54, 1.807) is 24.3 Å². The van der Waals surface area contributed by atoms with E-state index >= 15 is 0 Å². The molecule has 1 amide bonds. The first-order valence-corrected chi connectivity index (χ1v) is 9.50. The standard InChI is InChI=1S/C18H20N2O4S/c19-18(22)12-20-9-8-13(11-20)16-7-6-15(10-17(16)21)25(23,24)14-4-2-1-3-5-14/h1-7,10,13,21H,8-9,11-12H2,(H2,19,22). The first-order chi connectivity index (χ1) is 11.9. The van der Waals surface area contributed by atoms with Crippen molar-refractivity contribution in [2.45, 2.75) is 22.1 Å². The summed E-state index contributed by atoms with van der Waals surface area (Å²) >= 11 is 0. The number of amides is 1. The van der Waals surface area contributed by atoms with Gasteiger partial charge in [0, 0.05) is 12.5 Å². The average Bonchev–Trinajstić information content (AvgIpc) is 3.03. The number of benzene rings is 2. The van der Waals surface area contributed by atoms with Crippen molar-refractivity contribution in [2.75, 3.05) is 19.6 Å². The van der Waals surface area contributed by atoms with Gasteiger partial charge in [0.15, 0.2) is 0 Å². The lowest BCUT2D eigenvalue weighted by Crippen LogP contribution is -2.31. The smallest absolute Gasteiger partial charge is 0.231 e. The second-order valence-corrected chi connectivity index (χ2v) is 8.17. The van der Waals surface area contributed by atoms with Gasteiger partial charge in [-0.05, 0) is 42.8 Å². The van der Waals surface area contributed by atoms with Gasteiger partial charge in [0.1, 0.15) is 5.75 Å². The van der Waals surface area contributed by atoms with Gasteiger partial charge in [-0.1, -0.05) is 24.3 Å². The molecule has 3 N–H and O–H groups in total. The molecule has 1 fully saturated rings. The van der Waals surface area contributed by atoms with Crippen LogP contribution in [0.15, 0.2) is 58.3 Å².